The predicted octanol–water partition coefficient (Wildman–Crippen LogP) is 2.48. The monoisotopic (exact) mass is 253 g/mol. The van der Waals surface area contributed by atoms with Crippen LogP contribution in [0.25, 0.3) is 0 Å². The van der Waals surface area contributed by atoms with Gasteiger partial charge in [-0.15, -0.1) is 0 Å². The van der Waals surface area contributed by atoms with E-state index < -0.39 is 0 Å². The lowest BCUT2D eigenvalue weighted by Gasteiger charge is -2.13. The van der Waals surface area contributed by atoms with Gasteiger partial charge < -0.3 is 9.73 Å². The van der Waals surface area contributed by atoms with Crippen LogP contribution in [0.5, 0.6) is 0 Å². The molecule has 0 amide bonds. The predicted molar refractivity (Wildman–Crippen MR) is 67.2 cm³/mol. The lowest BCUT2D eigenvalue weighted by Crippen LogP contribution is -2.19. The van der Waals surface area contributed by atoms with E-state index in [2.05, 4.69) is 16.5 Å². The lowest BCUT2D eigenvalue weighted by molar-refractivity contribution is 0.424. The summed E-state index contributed by atoms with van der Waals surface area (Å²) in [5.41, 5.74) is 2.18. The molecule has 0 radical (unpaired) electrons. The van der Waals surface area contributed by atoms with Gasteiger partial charge in [0.2, 0.25) is 0 Å². The Morgan fingerprint density at radius 1 is 1.53 bits per heavy atom. The molecule has 1 N–H and O–H groups in total. The van der Waals surface area contributed by atoms with Gasteiger partial charge in [-0.05, 0) is 43.8 Å². The maximum atomic E-state index is 5.79. The maximum absolute atomic E-state index is 5.79. The number of rotatable bonds is 4. The van der Waals surface area contributed by atoms with Crippen molar-refractivity contribution >= 4 is 11.6 Å². The summed E-state index contributed by atoms with van der Waals surface area (Å²) in [6.45, 7) is 1.99. The standard InChI is InChI=1S/C12H16ClN3O/c1-8-6-9(16(3)15-8)7-10(14-2)11-4-5-12(13)17-11/h4-6,10,14H,7H2,1-3H3. The first kappa shape index (κ1) is 12.2. The highest BCUT2D eigenvalue weighted by molar-refractivity contribution is 6.28. The van der Waals surface area contributed by atoms with Gasteiger partial charge in [-0.3, -0.25) is 4.68 Å². The van der Waals surface area contributed by atoms with Crippen molar-refractivity contribution in [2.45, 2.75) is 19.4 Å². The number of halogens is 1. The summed E-state index contributed by atoms with van der Waals surface area (Å²) in [4.78, 5) is 0. The second-order valence-corrected chi connectivity index (χ2v) is 4.46. The Morgan fingerprint density at radius 3 is 2.76 bits per heavy atom. The molecule has 0 bridgehead atoms. The highest BCUT2D eigenvalue weighted by Crippen LogP contribution is 2.23. The highest BCUT2D eigenvalue weighted by atomic mass is 35.5. The third kappa shape index (κ3) is 2.70. The highest BCUT2D eigenvalue weighted by Gasteiger charge is 2.16. The van der Waals surface area contributed by atoms with Gasteiger partial charge in [-0.1, -0.05) is 0 Å². The minimum Gasteiger partial charge on any atom is -0.448 e. The van der Waals surface area contributed by atoms with E-state index in [9.17, 15) is 0 Å². The molecule has 2 aromatic heterocycles. The molecule has 2 aromatic rings. The normalized spacial score (nSPS) is 12.9. The van der Waals surface area contributed by atoms with Crippen LogP contribution in [0.2, 0.25) is 5.22 Å². The van der Waals surface area contributed by atoms with E-state index in [1.807, 2.05) is 31.8 Å². The van der Waals surface area contributed by atoms with Gasteiger partial charge in [0, 0.05) is 19.2 Å². The second kappa shape index (κ2) is 4.94. The van der Waals surface area contributed by atoms with E-state index >= 15 is 0 Å². The van der Waals surface area contributed by atoms with Crippen LogP contribution in [0.15, 0.2) is 22.6 Å². The Morgan fingerprint density at radius 2 is 2.29 bits per heavy atom. The Balaban J connectivity index is 2.18. The SMILES string of the molecule is CNC(Cc1cc(C)nn1C)c1ccc(Cl)o1. The minimum absolute atomic E-state index is 0.109. The molecule has 0 aromatic carbocycles. The third-order valence-corrected chi connectivity index (χ3v) is 3.00. The lowest BCUT2D eigenvalue weighted by atomic mass is 10.1. The summed E-state index contributed by atoms with van der Waals surface area (Å²) < 4.78 is 7.32. The van der Waals surface area contributed by atoms with Crippen LogP contribution in [0.1, 0.15) is 23.2 Å². The zero-order chi connectivity index (χ0) is 12.4. The van der Waals surface area contributed by atoms with E-state index in [1.165, 1.54) is 0 Å². The average Bonchev–Trinajstić information content (AvgIpc) is 2.82. The molecule has 4 nitrogen and oxygen atoms in total. The molecule has 0 aliphatic carbocycles. The topological polar surface area (TPSA) is 43.0 Å². The Bertz CT molecular complexity index is 504. The van der Waals surface area contributed by atoms with E-state index in [0.717, 1.165) is 23.6 Å². The smallest absolute Gasteiger partial charge is 0.193 e. The van der Waals surface area contributed by atoms with Crippen LogP contribution in [0.4, 0.5) is 0 Å². The van der Waals surface area contributed by atoms with Gasteiger partial charge in [-0.2, -0.15) is 5.10 Å². The summed E-state index contributed by atoms with van der Waals surface area (Å²) in [6.07, 6.45) is 0.817. The van der Waals surface area contributed by atoms with E-state index in [-0.39, 0.29) is 6.04 Å². The first-order valence-corrected chi connectivity index (χ1v) is 5.90. The third-order valence-electron chi connectivity index (χ3n) is 2.80. The fourth-order valence-corrected chi connectivity index (χ4v) is 2.08. The van der Waals surface area contributed by atoms with Crippen LogP contribution >= 0.6 is 11.6 Å². The van der Waals surface area contributed by atoms with Crippen LogP contribution in [-0.2, 0) is 13.5 Å². The minimum atomic E-state index is 0.109. The second-order valence-electron chi connectivity index (χ2n) is 4.09. The van der Waals surface area contributed by atoms with E-state index in [1.54, 1.807) is 6.07 Å². The number of furan rings is 1. The Kier molecular flexibility index (Phi) is 3.54. The molecule has 2 rings (SSSR count). The van der Waals surface area contributed by atoms with Crippen molar-refractivity contribution in [2.75, 3.05) is 7.05 Å². The molecule has 0 saturated heterocycles. The summed E-state index contributed by atoms with van der Waals surface area (Å²) in [5.74, 6) is 0.844. The van der Waals surface area contributed by atoms with Gasteiger partial charge in [0.05, 0.1) is 11.7 Å². The summed E-state index contributed by atoms with van der Waals surface area (Å²) >= 11 is 5.79. The zero-order valence-electron chi connectivity index (χ0n) is 10.2. The van der Waals surface area contributed by atoms with Crippen molar-refractivity contribution in [2.24, 2.45) is 7.05 Å². The number of hydrogen-bond donors (Lipinski definition) is 1. The molecule has 0 spiro atoms. The molecule has 0 fully saturated rings. The molecule has 0 aliphatic heterocycles. The van der Waals surface area contributed by atoms with Gasteiger partial charge >= 0.3 is 0 Å². The first-order chi connectivity index (χ1) is 8.10. The number of aryl methyl sites for hydroxylation is 2. The van der Waals surface area contributed by atoms with Crippen molar-refractivity contribution in [3.8, 4) is 0 Å². The number of likely N-dealkylation sites (N-methyl/N-ethyl adjacent to an activating group) is 1. The van der Waals surface area contributed by atoms with Crippen molar-refractivity contribution in [3.63, 3.8) is 0 Å². The molecule has 2 heterocycles. The summed E-state index contributed by atoms with van der Waals surface area (Å²) in [6, 6.07) is 5.84. The van der Waals surface area contributed by atoms with Crippen LogP contribution in [0.3, 0.4) is 0 Å². The fourth-order valence-electron chi connectivity index (χ4n) is 1.92. The zero-order valence-corrected chi connectivity index (χ0v) is 11.0. The number of hydrogen-bond acceptors (Lipinski definition) is 3. The first-order valence-electron chi connectivity index (χ1n) is 5.52. The number of nitrogens with zero attached hydrogens (tertiary/aromatic N) is 2. The fraction of sp³-hybridized carbons (Fsp3) is 0.417. The molecule has 1 unspecified atom stereocenters. The van der Waals surface area contributed by atoms with Gasteiger partial charge in [0.1, 0.15) is 5.76 Å². The molecule has 5 heteroatoms. The Labute approximate surface area is 106 Å². The molecular formula is C12H16ClN3O. The van der Waals surface area contributed by atoms with Crippen molar-refractivity contribution in [1.82, 2.24) is 15.1 Å². The van der Waals surface area contributed by atoms with Crippen LogP contribution < -0.4 is 5.32 Å². The van der Waals surface area contributed by atoms with Crippen LogP contribution in [0, 0.1) is 6.92 Å². The van der Waals surface area contributed by atoms with E-state index in [0.29, 0.717) is 5.22 Å². The largest absolute Gasteiger partial charge is 0.448 e. The quantitative estimate of drug-likeness (QED) is 0.910. The Hall–Kier alpha value is -1.26. The number of nitrogens with one attached hydrogen (secondary N) is 1. The molecule has 92 valence electrons. The van der Waals surface area contributed by atoms with Gasteiger partial charge in [0.15, 0.2) is 5.22 Å². The molecule has 17 heavy (non-hydrogen) atoms. The summed E-state index contributed by atoms with van der Waals surface area (Å²) in [5, 5.41) is 7.97. The van der Waals surface area contributed by atoms with Gasteiger partial charge in [0.25, 0.3) is 0 Å². The van der Waals surface area contributed by atoms with Crippen LogP contribution in [-0.4, -0.2) is 16.8 Å². The van der Waals surface area contributed by atoms with E-state index in [4.69, 9.17) is 16.0 Å². The number of aromatic nitrogens is 2. The summed E-state index contributed by atoms with van der Waals surface area (Å²) in [7, 11) is 3.86. The molecular weight excluding hydrogens is 238 g/mol. The van der Waals surface area contributed by atoms with Crippen molar-refractivity contribution in [1.29, 1.82) is 0 Å². The molecule has 0 aliphatic rings. The molecule has 1 atom stereocenters. The average molecular weight is 254 g/mol. The van der Waals surface area contributed by atoms with Crippen molar-refractivity contribution in [3.05, 3.63) is 40.6 Å². The van der Waals surface area contributed by atoms with Crippen molar-refractivity contribution < 1.29 is 4.42 Å². The van der Waals surface area contributed by atoms with Gasteiger partial charge in [-0.25, -0.2) is 0 Å². The maximum Gasteiger partial charge on any atom is 0.193 e. The molecule has 0 saturated carbocycles.